The Bertz CT molecular complexity index is 575. The number of nitrogens with zero attached hydrogens (tertiary/aromatic N) is 4. The molecule has 2 aliphatic heterocycles. The average molecular weight is 332 g/mol. The number of carbonyl (C=O) groups excluding carboxylic acids is 2. The van der Waals surface area contributed by atoms with Gasteiger partial charge in [0.05, 0.1) is 5.92 Å². The maximum Gasteiger partial charge on any atom is 0.227 e. The summed E-state index contributed by atoms with van der Waals surface area (Å²) in [6, 6.07) is 0. The molecule has 24 heavy (non-hydrogen) atoms. The predicted octanol–water partition coefficient (Wildman–Crippen LogP) is 1.83. The topological polar surface area (TPSA) is 58.4 Å². The van der Waals surface area contributed by atoms with Crippen LogP contribution in [-0.4, -0.2) is 57.3 Å². The van der Waals surface area contributed by atoms with Crippen molar-refractivity contribution >= 4 is 11.8 Å². The number of imidazole rings is 1. The van der Waals surface area contributed by atoms with Crippen LogP contribution in [0.5, 0.6) is 0 Å². The molecule has 0 aliphatic carbocycles. The van der Waals surface area contributed by atoms with Crippen molar-refractivity contribution in [3.63, 3.8) is 0 Å². The molecule has 1 aromatic heterocycles. The molecule has 1 atom stereocenters. The molecule has 0 aromatic carbocycles. The second kappa shape index (κ2) is 7.81. The van der Waals surface area contributed by atoms with Gasteiger partial charge < -0.3 is 14.4 Å². The first kappa shape index (κ1) is 17.0. The summed E-state index contributed by atoms with van der Waals surface area (Å²) in [4.78, 5) is 33.2. The van der Waals surface area contributed by atoms with Crippen LogP contribution in [0.4, 0.5) is 0 Å². The van der Waals surface area contributed by atoms with Crippen LogP contribution in [0.15, 0.2) is 12.4 Å². The van der Waals surface area contributed by atoms with Gasteiger partial charge in [-0.3, -0.25) is 9.59 Å². The minimum Gasteiger partial charge on any atom is -0.342 e. The lowest BCUT2D eigenvalue weighted by atomic mass is 10.1. The van der Waals surface area contributed by atoms with Gasteiger partial charge in [-0.1, -0.05) is 12.8 Å². The summed E-state index contributed by atoms with van der Waals surface area (Å²) in [5, 5.41) is 0. The molecule has 2 aliphatic rings. The van der Waals surface area contributed by atoms with Gasteiger partial charge in [-0.2, -0.15) is 0 Å². The Morgan fingerprint density at radius 2 is 1.88 bits per heavy atom. The zero-order valence-electron chi connectivity index (χ0n) is 14.6. The van der Waals surface area contributed by atoms with Crippen molar-refractivity contribution in [2.45, 2.75) is 52.0 Å². The van der Waals surface area contributed by atoms with Crippen molar-refractivity contribution in [1.29, 1.82) is 0 Å². The fourth-order valence-electron chi connectivity index (χ4n) is 3.75. The van der Waals surface area contributed by atoms with Crippen LogP contribution < -0.4 is 0 Å². The van der Waals surface area contributed by atoms with Gasteiger partial charge in [0.15, 0.2) is 0 Å². The van der Waals surface area contributed by atoms with E-state index in [0.29, 0.717) is 26.1 Å². The molecule has 1 aromatic rings. The highest BCUT2D eigenvalue weighted by molar-refractivity contribution is 5.82. The Balaban J connectivity index is 1.48. The lowest BCUT2D eigenvalue weighted by Crippen LogP contribution is -2.38. The van der Waals surface area contributed by atoms with Gasteiger partial charge in [0.25, 0.3) is 0 Å². The molecular weight excluding hydrogens is 304 g/mol. The van der Waals surface area contributed by atoms with Crippen LogP contribution in [0, 0.1) is 12.8 Å². The van der Waals surface area contributed by atoms with E-state index >= 15 is 0 Å². The minimum atomic E-state index is 0.00188. The standard InChI is InChI=1S/C18H28N4O2/c1-15-19-8-13-20(15)12-7-17(23)22-11-6-16(14-22)18(24)21-9-4-2-3-5-10-21/h8,13,16H,2-7,9-12,14H2,1H3/t16-/m1/s1. The number of hydrogen-bond donors (Lipinski definition) is 0. The van der Waals surface area contributed by atoms with Crippen LogP contribution in [0.3, 0.4) is 0 Å². The molecule has 0 bridgehead atoms. The van der Waals surface area contributed by atoms with Crippen molar-refractivity contribution < 1.29 is 9.59 Å². The van der Waals surface area contributed by atoms with Gasteiger partial charge in [-0.15, -0.1) is 0 Å². The molecule has 6 heteroatoms. The first-order valence-corrected chi connectivity index (χ1v) is 9.19. The first-order chi connectivity index (χ1) is 11.6. The molecule has 0 radical (unpaired) electrons. The van der Waals surface area contributed by atoms with Crippen molar-refractivity contribution in [2.24, 2.45) is 5.92 Å². The third-order valence-electron chi connectivity index (χ3n) is 5.30. The van der Waals surface area contributed by atoms with Gasteiger partial charge in [-0.25, -0.2) is 4.98 Å². The first-order valence-electron chi connectivity index (χ1n) is 9.19. The lowest BCUT2D eigenvalue weighted by Gasteiger charge is -2.24. The number of carbonyl (C=O) groups is 2. The number of aryl methyl sites for hydroxylation is 2. The average Bonchev–Trinajstić information content (AvgIpc) is 3.14. The van der Waals surface area contributed by atoms with E-state index in [1.165, 1.54) is 12.8 Å². The van der Waals surface area contributed by atoms with E-state index in [-0.39, 0.29) is 17.7 Å². The molecule has 0 unspecified atom stereocenters. The maximum absolute atomic E-state index is 12.7. The number of aromatic nitrogens is 2. The summed E-state index contributed by atoms with van der Waals surface area (Å²) in [6.07, 6.45) is 9.63. The van der Waals surface area contributed by atoms with E-state index in [1.807, 2.05) is 27.5 Å². The van der Waals surface area contributed by atoms with Crippen LogP contribution in [0.2, 0.25) is 0 Å². The Labute approximate surface area is 143 Å². The number of amides is 2. The van der Waals surface area contributed by atoms with E-state index in [2.05, 4.69) is 4.98 Å². The summed E-state index contributed by atoms with van der Waals surface area (Å²) in [7, 11) is 0. The Morgan fingerprint density at radius 1 is 1.12 bits per heavy atom. The van der Waals surface area contributed by atoms with Crippen LogP contribution >= 0.6 is 0 Å². The largest absolute Gasteiger partial charge is 0.342 e. The molecular formula is C18H28N4O2. The molecule has 2 amide bonds. The Kier molecular flexibility index (Phi) is 5.53. The van der Waals surface area contributed by atoms with E-state index in [0.717, 1.165) is 38.2 Å². The number of likely N-dealkylation sites (tertiary alicyclic amines) is 2. The highest BCUT2D eigenvalue weighted by Crippen LogP contribution is 2.21. The number of rotatable bonds is 4. The molecule has 2 saturated heterocycles. The molecule has 132 valence electrons. The lowest BCUT2D eigenvalue weighted by molar-refractivity contribution is -0.135. The minimum absolute atomic E-state index is 0.00188. The fraction of sp³-hybridized carbons (Fsp3) is 0.722. The molecule has 3 rings (SSSR count). The molecule has 2 fully saturated rings. The molecule has 0 saturated carbocycles. The Hall–Kier alpha value is -1.85. The summed E-state index contributed by atoms with van der Waals surface area (Å²) in [6.45, 7) is 5.69. The summed E-state index contributed by atoms with van der Waals surface area (Å²) in [5.41, 5.74) is 0. The summed E-state index contributed by atoms with van der Waals surface area (Å²) in [5.74, 6) is 1.34. The molecule has 3 heterocycles. The van der Waals surface area contributed by atoms with Gasteiger partial charge >= 0.3 is 0 Å². The van der Waals surface area contributed by atoms with Crippen LogP contribution in [0.1, 0.15) is 44.3 Å². The van der Waals surface area contributed by atoms with E-state index < -0.39 is 0 Å². The second-order valence-electron chi connectivity index (χ2n) is 6.98. The van der Waals surface area contributed by atoms with E-state index in [4.69, 9.17) is 0 Å². The highest BCUT2D eigenvalue weighted by Gasteiger charge is 2.33. The SMILES string of the molecule is Cc1nccn1CCC(=O)N1CC[C@@H](C(=O)N2CCCCCC2)C1. The molecule has 0 spiro atoms. The predicted molar refractivity (Wildman–Crippen MR) is 91.3 cm³/mol. The fourth-order valence-corrected chi connectivity index (χ4v) is 3.75. The molecule has 0 N–H and O–H groups in total. The zero-order chi connectivity index (χ0) is 16.9. The van der Waals surface area contributed by atoms with Gasteiger partial charge in [0.1, 0.15) is 5.82 Å². The maximum atomic E-state index is 12.7. The normalized spacial score (nSPS) is 21.8. The molecule has 6 nitrogen and oxygen atoms in total. The highest BCUT2D eigenvalue weighted by atomic mass is 16.2. The number of hydrogen-bond acceptors (Lipinski definition) is 3. The van der Waals surface area contributed by atoms with Crippen LogP contribution in [-0.2, 0) is 16.1 Å². The van der Waals surface area contributed by atoms with E-state index in [1.54, 1.807) is 6.20 Å². The summed E-state index contributed by atoms with van der Waals surface area (Å²) >= 11 is 0. The van der Waals surface area contributed by atoms with Crippen molar-refractivity contribution in [3.8, 4) is 0 Å². The monoisotopic (exact) mass is 332 g/mol. The van der Waals surface area contributed by atoms with Crippen molar-refractivity contribution in [1.82, 2.24) is 19.4 Å². The zero-order valence-corrected chi connectivity index (χ0v) is 14.6. The second-order valence-corrected chi connectivity index (χ2v) is 6.98. The van der Waals surface area contributed by atoms with Gasteiger partial charge in [-0.05, 0) is 26.2 Å². The van der Waals surface area contributed by atoms with Gasteiger partial charge in [0, 0.05) is 51.5 Å². The smallest absolute Gasteiger partial charge is 0.227 e. The third-order valence-corrected chi connectivity index (χ3v) is 5.30. The van der Waals surface area contributed by atoms with Gasteiger partial charge in [0.2, 0.25) is 11.8 Å². The van der Waals surface area contributed by atoms with Crippen molar-refractivity contribution in [2.75, 3.05) is 26.2 Å². The van der Waals surface area contributed by atoms with Crippen molar-refractivity contribution in [3.05, 3.63) is 18.2 Å². The van der Waals surface area contributed by atoms with E-state index in [9.17, 15) is 9.59 Å². The quantitative estimate of drug-likeness (QED) is 0.845. The third kappa shape index (κ3) is 3.97. The Morgan fingerprint density at radius 3 is 2.54 bits per heavy atom. The van der Waals surface area contributed by atoms with Crippen LogP contribution in [0.25, 0.3) is 0 Å². The summed E-state index contributed by atoms with van der Waals surface area (Å²) < 4.78 is 1.99.